The van der Waals surface area contributed by atoms with E-state index in [9.17, 15) is 9.59 Å². The summed E-state index contributed by atoms with van der Waals surface area (Å²) in [5.74, 6) is 2.98. The summed E-state index contributed by atoms with van der Waals surface area (Å²) in [4.78, 5) is 33.1. The second-order valence-corrected chi connectivity index (χ2v) is 14.0. The summed E-state index contributed by atoms with van der Waals surface area (Å²) >= 11 is 1.68. The van der Waals surface area contributed by atoms with E-state index in [1.807, 2.05) is 67.7 Å². The van der Waals surface area contributed by atoms with Gasteiger partial charge in [0, 0.05) is 72.6 Å². The summed E-state index contributed by atoms with van der Waals surface area (Å²) in [6, 6.07) is 17.8. The van der Waals surface area contributed by atoms with Crippen molar-refractivity contribution >= 4 is 41.2 Å². The number of hydrogen-bond donors (Lipinski definition) is 1. The fourth-order valence-corrected chi connectivity index (χ4v) is 6.69. The SMILES string of the molecule is CCCCOCCOc1ccc(-c2cnc(N3CCC(COC(C)=O)C3)c(C=C(C)C(=O)Nc3ccc(SCc4nncn4CCC)cc3)c2)cc1. The Hall–Kier alpha value is -4.68. The summed E-state index contributed by atoms with van der Waals surface area (Å²) in [5, 5.41) is 11.3. The van der Waals surface area contributed by atoms with E-state index in [1.165, 1.54) is 6.92 Å². The molecule has 0 bridgehead atoms. The van der Waals surface area contributed by atoms with Gasteiger partial charge in [-0.3, -0.25) is 9.59 Å². The molecule has 5 rings (SSSR count). The van der Waals surface area contributed by atoms with Crippen LogP contribution in [0.4, 0.5) is 11.5 Å². The van der Waals surface area contributed by atoms with Crippen LogP contribution in [0.15, 0.2) is 77.6 Å². The van der Waals surface area contributed by atoms with Crippen molar-refractivity contribution in [1.82, 2.24) is 19.7 Å². The molecule has 0 saturated carbocycles. The van der Waals surface area contributed by atoms with E-state index < -0.39 is 0 Å². The first kappa shape index (κ1) is 38.5. The third-order valence-electron chi connectivity index (χ3n) is 8.70. The number of thioether (sulfide) groups is 1. The Morgan fingerprint density at radius 3 is 2.56 bits per heavy atom. The smallest absolute Gasteiger partial charge is 0.302 e. The average Bonchev–Trinajstić information content (AvgIpc) is 3.82. The van der Waals surface area contributed by atoms with Gasteiger partial charge in [0.2, 0.25) is 0 Å². The number of carbonyl (C=O) groups is 2. The minimum absolute atomic E-state index is 0.196. The fraction of sp³-hybridized carbons (Fsp3) is 0.425. The average molecular weight is 727 g/mol. The highest BCUT2D eigenvalue weighted by molar-refractivity contribution is 7.98. The minimum atomic E-state index is -0.274. The zero-order valence-electron chi connectivity index (χ0n) is 30.7. The van der Waals surface area contributed by atoms with E-state index in [-0.39, 0.29) is 17.8 Å². The van der Waals surface area contributed by atoms with Crippen molar-refractivity contribution in [2.75, 3.05) is 49.7 Å². The fourth-order valence-electron chi connectivity index (χ4n) is 5.84. The second-order valence-electron chi connectivity index (χ2n) is 12.9. The molecule has 1 N–H and O–H groups in total. The lowest BCUT2D eigenvalue weighted by atomic mass is 10.0. The Balaban J connectivity index is 1.28. The van der Waals surface area contributed by atoms with Crippen LogP contribution in [0.3, 0.4) is 0 Å². The standard InChI is InChI=1S/C40H50N6O5S/c1-5-7-19-49-20-21-50-36-12-8-32(9-13-36)34-23-33(39(41-24-34)45-18-16-31(25-45)26-51-30(4)47)22-29(3)40(48)43-35-10-14-37(15-11-35)52-27-38-44-42-28-46(38)17-6-2/h8-15,22-24,28,31H,5-7,16-21,25-27H2,1-4H3,(H,43,48). The van der Waals surface area contributed by atoms with Crippen LogP contribution in [0.1, 0.15) is 64.8 Å². The van der Waals surface area contributed by atoms with E-state index >= 15 is 0 Å². The van der Waals surface area contributed by atoms with Crippen LogP contribution < -0.4 is 15.0 Å². The normalized spacial score (nSPS) is 14.4. The first-order chi connectivity index (χ1) is 25.3. The van der Waals surface area contributed by atoms with Crippen LogP contribution in [-0.2, 0) is 31.4 Å². The number of rotatable bonds is 19. The summed E-state index contributed by atoms with van der Waals surface area (Å²) < 4.78 is 18.9. The first-order valence-electron chi connectivity index (χ1n) is 18.1. The van der Waals surface area contributed by atoms with Crippen molar-refractivity contribution < 1.29 is 23.8 Å². The van der Waals surface area contributed by atoms with E-state index in [2.05, 4.69) is 44.9 Å². The van der Waals surface area contributed by atoms with Crippen molar-refractivity contribution in [3.63, 3.8) is 0 Å². The number of aryl methyl sites for hydroxylation is 1. The van der Waals surface area contributed by atoms with Crippen molar-refractivity contribution in [2.45, 2.75) is 70.6 Å². The summed E-state index contributed by atoms with van der Waals surface area (Å²) in [5.41, 5.74) is 4.01. The molecule has 4 aromatic rings. The van der Waals surface area contributed by atoms with Gasteiger partial charge in [0.1, 0.15) is 30.3 Å². The van der Waals surface area contributed by atoms with Crippen LogP contribution in [0.25, 0.3) is 17.2 Å². The topological polar surface area (TPSA) is 121 Å². The molecular formula is C40H50N6O5S. The summed E-state index contributed by atoms with van der Waals surface area (Å²) in [6.07, 6.45) is 9.61. The number of pyridine rings is 1. The molecule has 12 heteroatoms. The van der Waals surface area contributed by atoms with Crippen molar-refractivity contribution in [2.24, 2.45) is 5.92 Å². The molecule has 3 heterocycles. The molecule has 0 aliphatic carbocycles. The molecule has 0 radical (unpaired) electrons. The summed E-state index contributed by atoms with van der Waals surface area (Å²) in [7, 11) is 0. The van der Waals surface area contributed by atoms with Gasteiger partial charge in [-0.05, 0) is 80.3 Å². The van der Waals surface area contributed by atoms with E-state index in [4.69, 9.17) is 19.2 Å². The van der Waals surface area contributed by atoms with Crippen LogP contribution in [0.2, 0.25) is 0 Å². The lowest BCUT2D eigenvalue weighted by Crippen LogP contribution is -2.23. The van der Waals surface area contributed by atoms with Crippen LogP contribution in [0, 0.1) is 5.92 Å². The monoisotopic (exact) mass is 726 g/mol. The van der Waals surface area contributed by atoms with Crippen molar-refractivity contribution in [3.05, 3.63) is 84.1 Å². The predicted octanol–water partition coefficient (Wildman–Crippen LogP) is 7.67. The van der Waals surface area contributed by atoms with Crippen LogP contribution in [-0.4, -0.2) is 71.1 Å². The molecule has 1 saturated heterocycles. The predicted molar refractivity (Wildman–Crippen MR) is 206 cm³/mol. The van der Waals surface area contributed by atoms with Crippen molar-refractivity contribution in [1.29, 1.82) is 0 Å². The zero-order valence-corrected chi connectivity index (χ0v) is 31.5. The Labute approximate surface area is 311 Å². The maximum atomic E-state index is 13.5. The number of aromatic nitrogens is 4. The lowest BCUT2D eigenvalue weighted by molar-refractivity contribution is -0.142. The number of nitrogens with zero attached hydrogens (tertiary/aromatic N) is 5. The number of hydrogen-bond acceptors (Lipinski definition) is 10. The molecule has 52 heavy (non-hydrogen) atoms. The summed E-state index contributed by atoms with van der Waals surface area (Å²) in [6.45, 7) is 12.1. The first-order valence-corrected chi connectivity index (χ1v) is 19.1. The number of anilines is 2. The number of unbranched alkanes of at least 4 members (excludes halogenated alkanes) is 1. The third kappa shape index (κ3) is 11.4. The zero-order chi connectivity index (χ0) is 36.7. The van der Waals surface area contributed by atoms with E-state index in [0.29, 0.717) is 37.6 Å². The Bertz CT molecular complexity index is 1780. The quantitative estimate of drug-likeness (QED) is 0.0446. The van der Waals surface area contributed by atoms with Gasteiger partial charge in [0.15, 0.2) is 0 Å². The largest absolute Gasteiger partial charge is 0.491 e. The molecule has 1 fully saturated rings. The second kappa shape index (κ2) is 19.8. The van der Waals surface area contributed by atoms with Gasteiger partial charge in [-0.1, -0.05) is 32.4 Å². The molecule has 0 spiro atoms. The molecule has 276 valence electrons. The molecular weight excluding hydrogens is 677 g/mol. The number of carbonyl (C=O) groups excluding carboxylic acids is 2. The van der Waals surface area contributed by atoms with Gasteiger partial charge in [0.25, 0.3) is 5.91 Å². The van der Waals surface area contributed by atoms with Gasteiger partial charge in [0.05, 0.1) is 19.0 Å². The number of ether oxygens (including phenoxy) is 3. The minimum Gasteiger partial charge on any atom is -0.491 e. The Kier molecular flexibility index (Phi) is 14.7. The molecule has 2 aromatic carbocycles. The highest BCUT2D eigenvalue weighted by Gasteiger charge is 2.26. The van der Waals surface area contributed by atoms with E-state index in [1.54, 1.807) is 18.1 Å². The van der Waals surface area contributed by atoms with Gasteiger partial charge in [-0.15, -0.1) is 22.0 Å². The molecule has 1 aliphatic rings. The Morgan fingerprint density at radius 1 is 1.00 bits per heavy atom. The molecule has 1 atom stereocenters. The third-order valence-corrected chi connectivity index (χ3v) is 9.71. The molecule has 11 nitrogen and oxygen atoms in total. The number of benzene rings is 2. The maximum absolute atomic E-state index is 13.5. The van der Waals surface area contributed by atoms with Gasteiger partial charge in [-0.2, -0.15) is 0 Å². The molecule has 1 amide bonds. The van der Waals surface area contributed by atoms with Crippen molar-refractivity contribution in [3.8, 4) is 16.9 Å². The highest BCUT2D eigenvalue weighted by Crippen LogP contribution is 2.32. The van der Waals surface area contributed by atoms with Gasteiger partial charge >= 0.3 is 5.97 Å². The van der Waals surface area contributed by atoms with Crippen LogP contribution >= 0.6 is 11.8 Å². The molecule has 2 aromatic heterocycles. The number of amides is 1. The highest BCUT2D eigenvalue weighted by atomic mass is 32.2. The molecule has 1 aliphatic heterocycles. The van der Waals surface area contributed by atoms with Gasteiger partial charge < -0.3 is 29.0 Å². The molecule has 1 unspecified atom stereocenters. The maximum Gasteiger partial charge on any atom is 0.302 e. The van der Waals surface area contributed by atoms with E-state index in [0.717, 1.165) is 90.1 Å². The van der Waals surface area contributed by atoms with Gasteiger partial charge in [-0.25, -0.2) is 4.98 Å². The lowest BCUT2D eigenvalue weighted by Gasteiger charge is -2.21. The van der Waals surface area contributed by atoms with Crippen LogP contribution in [0.5, 0.6) is 5.75 Å². The number of esters is 1. The number of nitrogens with one attached hydrogen (secondary N) is 1. The Morgan fingerprint density at radius 2 is 1.81 bits per heavy atom.